The number of hydrogen-bond donors (Lipinski definition) is 0. The molecule has 2 heteroatoms. The monoisotopic (exact) mass is 170 g/mol. The Labute approximate surface area is 74.3 Å². The van der Waals surface area contributed by atoms with Gasteiger partial charge in [0.05, 0.1) is 12.5 Å². The van der Waals surface area contributed by atoms with Crippen LogP contribution in [0.25, 0.3) is 0 Å². The van der Waals surface area contributed by atoms with Crippen LogP contribution in [0.2, 0.25) is 0 Å². The first-order valence-corrected chi connectivity index (χ1v) is 4.44. The van der Waals surface area contributed by atoms with Crippen molar-refractivity contribution in [2.45, 2.75) is 34.1 Å². The number of carbonyl (C=O) groups is 1. The highest BCUT2D eigenvalue weighted by Crippen LogP contribution is 2.63. The molecule has 1 fully saturated rings. The third-order valence-electron chi connectivity index (χ3n) is 3.20. The van der Waals surface area contributed by atoms with E-state index >= 15 is 0 Å². The zero-order valence-electron chi connectivity index (χ0n) is 8.60. The van der Waals surface area contributed by atoms with Crippen molar-refractivity contribution in [2.24, 2.45) is 16.7 Å². The SMILES string of the molecule is COC(=O)C1(C(C)(C)C)CC1C. The molecule has 0 amide bonds. The Kier molecular flexibility index (Phi) is 1.97. The summed E-state index contributed by atoms with van der Waals surface area (Å²) in [4.78, 5) is 11.5. The zero-order chi connectivity index (χ0) is 9.57. The van der Waals surface area contributed by atoms with Gasteiger partial charge in [-0.05, 0) is 17.8 Å². The van der Waals surface area contributed by atoms with E-state index in [1.165, 1.54) is 7.11 Å². The van der Waals surface area contributed by atoms with Gasteiger partial charge in [0, 0.05) is 0 Å². The van der Waals surface area contributed by atoms with Crippen molar-refractivity contribution in [2.75, 3.05) is 7.11 Å². The average Bonchev–Trinajstić information content (AvgIpc) is 2.60. The number of esters is 1. The molecule has 1 aliphatic carbocycles. The summed E-state index contributed by atoms with van der Waals surface area (Å²) >= 11 is 0. The lowest BCUT2D eigenvalue weighted by atomic mass is 9.76. The number of methoxy groups -OCH3 is 1. The summed E-state index contributed by atoms with van der Waals surface area (Å²) in [7, 11) is 1.47. The molecule has 1 saturated carbocycles. The molecular formula is C10H18O2. The highest BCUT2D eigenvalue weighted by molar-refractivity contribution is 5.81. The van der Waals surface area contributed by atoms with Crippen molar-refractivity contribution in [1.29, 1.82) is 0 Å². The van der Waals surface area contributed by atoms with Crippen LogP contribution in [-0.4, -0.2) is 13.1 Å². The van der Waals surface area contributed by atoms with E-state index in [0.29, 0.717) is 5.92 Å². The Balaban J connectivity index is 2.87. The second kappa shape index (κ2) is 2.48. The molecule has 0 aromatic heterocycles. The summed E-state index contributed by atoms with van der Waals surface area (Å²) < 4.78 is 4.84. The fourth-order valence-electron chi connectivity index (χ4n) is 2.24. The summed E-state index contributed by atoms with van der Waals surface area (Å²) in [5.41, 5.74) is -0.179. The van der Waals surface area contributed by atoms with Crippen LogP contribution >= 0.6 is 0 Å². The van der Waals surface area contributed by atoms with Crippen LogP contribution in [0, 0.1) is 16.7 Å². The van der Waals surface area contributed by atoms with E-state index in [9.17, 15) is 4.79 Å². The molecule has 0 spiro atoms. The van der Waals surface area contributed by atoms with E-state index in [4.69, 9.17) is 4.74 Å². The van der Waals surface area contributed by atoms with Gasteiger partial charge in [0.25, 0.3) is 0 Å². The van der Waals surface area contributed by atoms with Crippen LogP contribution in [0.5, 0.6) is 0 Å². The second-order valence-electron chi connectivity index (χ2n) is 4.82. The van der Waals surface area contributed by atoms with Crippen molar-refractivity contribution < 1.29 is 9.53 Å². The average molecular weight is 170 g/mol. The quantitative estimate of drug-likeness (QED) is 0.564. The summed E-state index contributed by atoms with van der Waals surface area (Å²) in [6.07, 6.45) is 0.975. The third kappa shape index (κ3) is 1.05. The Morgan fingerprint density at radius 2 is 1.92 bits per heavy atom. The van der Waals surface area contributed by atoms with Crippen LogP contribution in [0.3, 0.4) is 0 Å². The summed E-state index contributed by atoms with van der Waals surface area (Å²) in [6, 6.07) is 0. The first kappa shape index (κ1) is 9.56. The normalized spacial score (nSPS) is 34.6. The van der Waals surface area contributed by atoms with Gasteiger partial charge >= 0.3 is 5.97 Å². The van der Waals surface area contributed by atoms with E-state index < -0.39 is 0 Å². The molecule has 12 heavy (non-hydrogen) atoms. The lowest BCUT2D eigenvalue weighted by Crippen LogP contribution is -2.33. The minimum Gasteiger partial charge on any atom is -0.469 e. The van der Waals surface area contributed by atoms with E-state index in [1.54, 1.807) is 0 Å². The van der Waals surface area contributed by atoms with E-state index in [2.05, 4.69) is 27.7 Å². The lowest BCUT2D eigenvalue weighted by Gasteiger charge is -2.29. The first-order valence-electron chi connectivity index (χ1n) is 4.44. The van der Waals surface area contributed by atoms with Gasteiger partial charge in [-0.25, -0.2) is 0 Å². The van der Waals surface area contributed by atoms with E-state index in [1.807, 2.05) is 0 Å². The molecule has 2 atom stereocenters. The van der Waals surface area contributed by atoms with Gasteiger partial charge in [-0.15, -0.1) is 0 Å². The van der Waals surface area contributed by atoms with Crippen LogP contribution < -0.4 is 0 Å². The molecule has 2 nitrogen and oxygen atoms in total. The number of rotatable bonds is 1. The molecule has 0 aromatic carbocycles. The van der Waals surface area contributed by atoms with E-state index in [0.717, 1.165) is 6.42 Å². The maximum Gasteiger partial charge on any atom is 0.312 e. The Morgan fingerprint density at radius 1 is 1.50 bits per heavy atom. The van der Waals surface area contributed by atoms with Crippen molar-refractivity contribution in [3.63, 3.8) is 0 Å². The molecule has 1 rings (SSSR count). The maximum atomic E-state index is 11.5. The molecule has 1 aliphatic rings. The van der Waals surface area contributed by atoms with Gasteiger partial charge in [-0.3, -0.25) is 4.79 Å². The van der Waals surface area contributed by atoms with Crippen molar-refractivity contribution >= 4 is 5.97 Å². The predicted molar refractivity (Wildman–Crippen MR) is 47.7 cm³/mol. The lowest BCUT2D eigenvalue weighted by molar-refractivity contribution is -0.152. The molecule has 0 aliphatic heterocycles. The Hall–Kier alpha value is -0.530. The molecule has 0 heterocycles. The Morgan fingerprint density at radius 3 is 2.00 bits per heavy atom. The highest BCUT2D eigenvalue weighted by atomic mass is 16.5. The fourth-order valence-corrected chi connectivity index (χ4v) is 2.24. The molecule has 0 saturated heterocycles. The first-order chi connectivity index (χ1) is 5.36. The summed E-state index contributed by atoms with van der Waals surface area (Å²) in [5.74, 6) is 0.437. The summed E-state index contributed by atoms with van der Waals surface area (Å²) in [5, 5.41) is 0. The smallest absolute Gasteiger partial charge is 0.312 e. The molecule has 0 N–H and O–H groups in total. The van der Waals surface area contributed by atoms with E-state index in [-0.39, 0.29) is 16.8 Å². The largest absolute Gasteiger partial charge is 0.469 e. The highest BCUT2D eigenvalue weighted by Gasteiger charge is 2.64. The van der Waals surface area contributed by atoms with Crippen LogP contribution in [0.1, 0.15) is 34.1 Å². The van der Waals surface area contributed by atoms with Gasteiger partial charge in [0.15, 0.2) is 0 Å². The standard InChI is InChI=1S/C10H18O2/c1-7-6-10(7,8(11)12-5)9(2,3)4/h7H,6H2,1-5H3. The number of ether oxygens (including phenoxy) is 1. The third-order valence-corrected chi connectivity index (χ3v) is 3.20. The van der Waals surface area contributed by atoms with Gasteiger partial charge in [0.2, 0.25) is 0 Å². The maximum absolute atomic E-state index is 11.5. The minimum absolute atomic E-state index is 0.0273. The van der Waals surface area contributed by atoms with Crippen LogP contribution in [-0.2, 0) is 9.53 Å². The Bertz CT molecular complexity index is 202. The van der Waals surface area contributed by atoms with Gasteiger partial charge in [-0.2, -0.15) is 0 Å². The number of carbonyl (C=O) groups excluding carboxylic acids is 1. The van der Waals surface area contributed by atoms with Crippen molar-refractivity contribution in [3.05, 3.63) is 0 Å². The molecule has 0 aromatic rings. The van der Waals surface area contributed by atoms with Crippen molar-refractivity contribution in [1.82, 2.24) is 0 Å². The predicted octanol–water partition coefficient (Wildman–Crippen LogP) is 2.23. The molecule has 2 unspecified atom stereocenters. The fraction of sp³-hybridized carbons (Fsp3) is 0.900. The molecule has 70 valence electrons. The zero-order valence-corrected chi connectivity index (χ0v) is 8.60. The molecule has 0 radical (unpaired) electrons. The minimum atomic E-state index is -0.207. The number of hydrogen-bond acceptors (Lipinski definition) is 2. The van der Waals surface area contributed by atoms with Gasteiger partial charge in [0.1, 0.15) is 0 Å². The topological polar surface area (TPSA) is 26.3 Å². The van der Waals surface area contributed by atoms with Crippen molar-refractivity contribution in [3.8, 4) is 0 Å². The molecule has 0 bridgehead atoms. The van der Waals surface area contributed by atoms with Crippen LogP contribution in [0.15, 0.2) is 0 Å². The van der Waals surface area contributed by atoms with Gasteiger partial charge in [-0.1, -0.05) is 27.7 Å². The van der Waals surface area contributed by atoms with Gasteiger partial charge < -0.3 is 4.74 Å². The van der Waals surface area contributed by atoms with Crippen LogP contribution in [0.4, 0.5) is 0 Å². The molecular weight excluding hydrogens is 152 g/mol. The summed E-state index contributed by atoms with van der Waals surface area (Å²) in [6.45, 7) is 8.43. The second-order valence-corrected chi connectivity index (χ2v) is 4.82.